The van der Waals surface area contributed by atoms with Crippen LogP contribution in [0.4, 0.5) is 0 Å². The SMILES string of the molecule is CNCc1ccc(OC)c(COc2c(C)cccc2C)c1. The van der Waals surface area contributed by atoms with Crippen molar-refractivity contribution in [1.82, 2.24) is 5.32 Å². The van der Waals surface area contributed by atoms with Crippen LogP contribution in [0, 0.1) is 13.8 Å². The van der Waals surface area contributed by atoms with Crippen LogP contribution >= 0.6 is 0 Å². The van der Waals surface area contributed by atoms with Gasteiger partial charge in [0.15, 0.2) is 0 Å². The van der Waals surface area contributed by atoms with Gasteiger partial charge in [0.25, 0.3) is 0 Å². The molecule has 21 heavy (non-hydrogen) atoms. The first kappa shape index (κ1) is 15.4. The van der Waals surface area contributed by atoms with E-state index < -0.39 is 0 Å². The summed E-state index contributed by atoms with van der Waals surface area (Å²) in [5.41, 5.74) is 4.59. The van der Waals surface area contributed by atoms with Crippen molar-refractivity contribution in [2.75, 3.05) is 14.2 Å². The van der Waals surface area contributed by atoms with Crippen LogP contribution in [0.5, 0.6) is 11.5 Å². The highest BCUT2D eigenvalue weighted by molar-refractivity contribution is 5.41. The second-order valence-electron chi connectivity index (χ2n) is 5.19. The second-order valence-corrected chi connectivity index (χ2v) is 5.19. The Morgan fingerprint density at radius 1 is 1.05 bits per heavy atom. The van der Waals surface area contributed by atoms with Crippen molar-refractivity contribution < 1.29 is 9.47 Å². The average Bonchev–Trinajstić information content (AvgIpc) is 2.47. The van der Waals surface area contributed by atoms with Gasteiger partial charge in [-0.1, -0.05) is 24.3 Å². The molecule has 0 bridgehead atoms. The molecule has 0 aliphatic carbocycles. The second kappa shape index (κ2) is 7.14. The van der Waals surface area contributed by atoms with Crippen LogP contribution in [-0.4, -0.2) is 14.2 Å². The zero-order valence-electron chi connectivity index (χ0n) is 13.2. The van der Waals surface area contributed by atoms with Crippen molar-refractivity contribution in [3.8, 4) is 11.5 Å². The first-order chi connectivity index (χ1) is 10.2. The highest BCUT2D eigenvalue weighted by atomic mass is 16.5. The molecule has 2 aromatic rings. The minimum Gasteiger partial charge on any atom is -0.496 e. The molecule has 0 aliphatic heterocycles. The van der Waals surface area contributed by atoms with Crippen molar-refractivity contribution in [3.05, 3.63) is 58.7 Å². The summed E-state index contributed by atoms with van der Waals surface area (Å²) in [5, 5.41) is 3.16. The lowest BCUT2D eigenvalue weighted by molar-refractivity contribution is 0.292. The Balaban J connectivity index is 2.20. The normalized spacial score (nSPS) is 10.5. The van der Waals surface area contributed by atoms with Gasteiger partial charge in [0.05, 0.1) is 7.11 Å². The number of benzene rings is 2. The fraction of sp³-hybridized carbons (Fsp3) is 0.333. The summed E-state index contributed by atoms with van der Waals surface area (Å²) in [6, 6.07) is 12.4. The molecule has 0 atom stereocenters. The maximum Gasteiger partial charge on any atom is 0.125 e. The molecule has 0 spiro atoms. The molecule has 112 valence electrons. The van der Waals surface area contributed by atoms with Gasteiger partial charge in [-0.2, -0.15) is 0 Å². The molecule has 2 aromatic carbocycles. The van der Waals surface area contributed by atoms with E-state index in [1.54, 1.807) is 7.11 Å². The highest BCUT2D eigenvalue weighted by Gasteiger charge is 2.08. The molecule has 0 saturated carbocycles. The molecule has 3 nitrogen and oxygen atoms in total. The molecular formula is C18H23NO2. The fourth-order valence-electron chi connectivity index (χ4n) is 2.44. The molecule has 0 heterocycles. The molecule has 3 heteroatoms. The van der Waals surface area contributed by atoms with Crippen molar-refractivity contribution in [2.24, 2.45) is 0 Å². The molecule has 0 amide bonds. The van der Waals surface area contributed by atoms with Crippen LogP contribution < -0.4 is 14.8 Å². The van der Waals surface area contributed by atoms with Crippen molar-refractivity contribution >= 4 is 0 Å². The summed E-state index contributed by atoms with van der Waals surface area (Å²) in [6.07, 6.45) is 0. The number of methoxy groups -OCH3 is 1. The van der Waals surface area contributed by atoms with E-state index in [4.69, 9.17) is 9.47 Å². The summed E-state index contributed by atoms with van der Waals surface area (Å²) in [4.78, 5) is 0. The molecule has 0 fully saturated rings. The predicted molar refractivity (Wildman–Crippen MR) is 86.0 cm³/mol. The number of nitrogens with one attached hydrogen (secondary N) is 1. The molecular weight excluding hydrogens is 262 g/mol. The van der Waals surface area contributed by atoms with Crippen molar-refractivity contribution in [1.29, 1.82) is 0 Å². The average molecular weight is 285 g/mol. The van der Waals surface area contributed by atoms with E-state index in [9.17, 15) is 0 Å². The minimum atomic E-state index is 0.506. The number of hydrogen-bond acceptors (Lipinski definition) is 3. The number of hydrogen-bond donors (Lipinski definition) is 1. The van der Waals surface area contributed by atoms with Gasteiger partial charge in [-0.25, -0.2) is 0 Å². The van der Waals surface area contributed by atoms with Crippen LogP contribution in [0.2, 0.25) is 0 Å². The van der Waals surface area contributed by atoms with Gasteiger partial charge >= 0.3 is 0 Å². The predicted octanol–water partition coefficient (Wildman–Crippen LogP) is 3.61. The number of aryl methyl sites for hydroxylation is 2. The molecule has 1 N–H and O–H groups in total. The zero-order chi connectivity index (χ0) is 15.2. The Kier molecular flexibility index (Phi) is 5.23. The van der Waals surface area contributed by atoms with Gasteiger partial charge in [0.2, 0.25) is 0 Å². The van der Waals surface area contributed by atoms with E-state index in [1.165, 1.54) is 5.56 Å². The first-order valence-electron chi connectivity index (χ1n) is 7.15. The van der Waals surface area contributed by atoms with Gasteiger partial charge < -0.3 is 14.8 Å². The van der Waals surface area contributed by atoms with Crippen LogP contribution in [0.15, 0.2) is 36.4 Å². The summed E-state index contributed by atoms with van der Waals surface area (Å²) in [5.74, 6) is 1.82. The van der Waals surface area contributed by atoms with Gasteiger partial charge in [-0.3, -0.25) is 0 Å². The topological polar surface area (TPSA) is 30.5 Å². The van der Waals surface area contributed by atoms with Crippen LogP contribution in [0.1, 0.15) is 22.3 Å². The van der Waals surface area contributed by atoms with E-state index in [1.807, 2.05) is 19.2 Å². The number of ether oxygens (including phenoxy) is 2. The van der Waals surface area contributed by atoms with Gasteiger partial charge in [0.1, 0.15) is 18.1 Å². The van der Waals surface area contributed by atoms with Crippen LogP contribution in [-0.2, 0) is 13.2 Å². The quantitative estimate of drug-likeness (QED) is 0.879. The lowest BCUT2D eigenvalue weighted by Gasteiger charge is -2.15. The first-order valence-corrected chi connectivity index (χ1v) is 7.15. The minimum absolute atomic E-state index is 0.506. The molecule has 0 aliphatic rings. The lowest BCUT2D eigenvalue weighted by Crippen LogP contribution is -2.07. The molecule has 0 aromatic heterocycles. The number of para-hydroxylation sites is 1. The Bertz CT molecular complexity index is 588. The van der Waals surface area contributed by atoms with Gasteiger partial charge in [-0.05, 0) is 49.7 Å². The standard InChI is InChI=1S/C18H23NO2/c1-13-6-5-7-14(2)18(13)21-12-16-10-15(11-19-3)8-9-17(16)20-4/h5-10,19H,11-12H2,1-4H3. The molecule has 0 saturated heterocycles. The van der Waals surface area contributed by atoms with Crippen molar-refractivity contribution in [2.45, 2.75) is 27.0 Å². The molecule has 0 radical (unpaired) electrons. The largest absolute Gasteiger partial charge is 0.496 e. The summed E-state index contributed by atoms with van der Waals surface area (Å²) in [6.45, 7) is 5.47. The van der Waals surface area contributed by atoms with Crippen molar-refractivity contribution in [3.63, 3.8) is 0 Å². The van der Waals surface area contributed by atoms with E-state index in [0.717, 1.165) is 34.7 Å². The summed E-state index contributed by atoms with van der Waals surface area (Å²) < 4.78 is 11.5. The Hall–Kier alpha value is -2.00. The monoisotopic (exact) mass is 285 g/mol. The lowest BCUT2D eigenvalue weighted by atomic mass is 10.1. The third kappa shape index (κ3) is 3.76. The maximum atomic E-state index is 6.03. The Morgan fingerprint density at radius 2 is 1.76 bits per heavy atom. The van der Waals surface area contributed by atoms with E-state index >= 15 is 0 Å². The van der Waals surface area contributed by atoms with Crippen LogP contribution in [0.25, 0.3) is 0 Å². The smallest absolute Gasteiger partial charge is 0.125 e. The van der Waals surface area contributed by atoms with E-state index in [0.29, 0.717) is 6.61 Å². The highest BCUT2D eigenvalue weighted by Crippen LogP contribution is 2.26. The van der Waals surface area contributed by atoms with E-state index in [-0.39, 0.29) is 0 Å². The van der Waals surface area contributed by atoms with Crippen LogP contribution in [0.3, 0.4) is 0 Å². The number of rotatable bonds is 6. The third-order valence-corrected chi connectivity index (χ3v) is 3.51. The molecule has 2 rings (SSSR count). The Labute approximate surface area is 126 Å². The summed E-state index contributed by atoms with van der Waals surface area (Å²) >= 11 is 0. The zero-order valence-corrected chi connectivity index (χ0v) is 13.2. The molecule has 0 unspecified atom stereocenters. The Morgan fingerprint density at radius 3 is 2.38 bits per heavy atom. The maximum absolute atomic E-state index is 6.03. The summed E-state index contributed by atoms with van der Waals surface area (Å²) in [7, 11) is 3.63. The third-order valence-electron chi connectivity index (χ3n) is 3.51. The van der Waals surface area contributed by atoms with Gasteiger partial charge in [-0.15, -0.1) is 0 Å². The fourth-order valence-corrected chi connectivity index (χ4v) is 2.44. The van der Waals surface area contributed by atoms with Gasteiger partial charge in [0, 0.05) is 12.1 Å². The van der Waals surface area contributed by atoms with E-state index in [2.05, 4.69) is 43.4 Å².